The van der Waals surface area contributed by atoms with Gasteiger partial charge in [-0.1, -0.05) is 33.9 Å². The van der Waals surface area contributed by atoms with Gasteiger partial charge in [0, 0.05) is 13.3 Å². The van der Waals surface area contributed by atoms with E-state index in [1.165, 1.54) is 6.92 Å². The fourth-order valence-electron chi connectivity index (χ4n) is 1.16. The molecule has 6 nitrogen and oxygen atoms in total. The van der Waals surface area contributed by atoms with Gasteiger partial charge >= 0.3 is 11.9 Å². The zero-order chi connectivity index (χ0) is 17.6. The Morgan fingerprint density at radius 3 is 2.23 bits per heavy atom. The highest BCUT2D eigenvalue weighted by atomic mass is 28.3. The number of carboxylic acids is 1. The zero-order valence-corrected chi connectivity index (χ0v) is 15.1. The summed E-state index contributed by atoms with van der Waals surface area (Å²) in [7, 11) is -1.81. The maximum atomic E-state index is 11.5. The van der Waals surface area contributed by atoms with Crippen molar-refractivity contribution in [1.29, 1.82) is 0 Å². The Labute approximate surface area is 132 Å². The van der Waals surface area contributed by atoms with E-state index in [0.717, 1.165) is 0 Å². The Balaban J connectivity index is 4.73. The molecule has 0 aliphatic carbocycles. The lowest BCUT2D eigenvalue weighted by molar-refractivity contribution is -0.147. The average Bonchev–Trinajstić information content (AvgIpc) is 2.33. The van der Waals surface area contributed by atoms with Crippen molar-refractivity contribution in [3.63, 3.8) is 0 Å². The van der Waals surface area contributed by atoms with Crippen LogP contribution in [0.5, 0.6) is 0 Å². The third kappa shape index (κ3) is 7.27. The second-order valence-corrected chi connectivity index (χ2v) is 11.6. The quantitative estimate of drug-likeness (QED) is 0.454. The SMILES string of the molecule is CC(=O)OCC(=O)N[C@@H](CC#C[Si](C)(C)C(C)(C)C)C(=O)O. The predicted octanol–water partition coefficient (Wildman–Crippen LogP) is 1.56. The number of nitrogens with one attached hydrogen (secondary N) is 1. The fraction of sp³-hybridized carbons (Fsp3) is 0.667. The molecule has 1 amide bonds. The van der Waals surface area contributed by atoms with E-state index in [1.54, 1.807) is 0 Å². The molecule has 0 saturated carbocycles. The van der Waals surface area contributed by atoms with Crippen LogP contribution in [-0.2, 0) is 19.1 Å². The molecule has 0 aromatic rings. The maximum absolute atomic E-state index is 11.5. The normalized spacial score (nSPS) is 12.6. The van der Waals surface area contributed by atoms with Crippen LogP contribution in [0.4, 0.5) is 0 Å². The lowest BCUT2D eigenvalue weighted by atomic mass is 10.2. The minimum absolute atomic E-state index is 0.0215. The van der Waals surface area contributed by atoms with Gasteiger partial charge in [-0.2, -0.15) is 0 Å². The van der Waals surface area contributed by atoms with Crippen molar-refractivity contribution in [3.8, 4) is 11.5 Å². The molecule has 0 heterocycles. The number of aliphatic carboxylic acids is 1. The smallest absolute Gasteiger partial charge is 0.327 e. The highest BCUT2D eigenvalue weighted by Crippen LogP contribution is 2.35. The van der Waals surface area contributed by atoms with Crippen LogP contribution in [0.1, 0.15) is 34.1 Å². The first kappa shape index (κ1) is 20.2. The summed E-state index contributed by atoms with van der Waals surface area (Å²) in [6, 6.07) is -1.11. The average molecular weight is 327 g/mol. The molecule has 0 spiro atoms. The largest absolute Gasteiger partial charge is 0.480 e. The van der Waals surface area contributed by atoms with Crippen LogP contribution in [0.15, 0.2) is 0 Å². The van der Waals surface area contributed by atoms with Gasteiger partial charge in [-0.15, -0.1) is 11.5 Å². The summed E-state index contributed by atoms with van der Waals surface area (Å²) in [6.07, 6.45) is 0.0215. The standard InChI is InChI=1S/C15H25NO5Si/c1-11(17)21-10-13(18)16-12(14(19)20)8-7-9-22(5,6)15(2,3)4/h12H,8,10H2,1-6H3,(H,16,18)(H,19,20)/t12-/m0/s1. The van der Waals surface area contributed by atoms with Gasteiger partial charge in [0.15, 0.2) is 6.61 Å². The molecular formula is C15H25NO5Si. The topological polar surface area (TPSA) is 92.7 Å². The van der Waals surface area contributed by atoms with Gasteiger partial charge in [0.25, 0.3) is 5.91 Å². The first-order valence-electron chi connectivity index (χ1n) is 7.02. The van der Waals surface area contributed by atoms with E-state index in [1.807, 2.05) is 0 Å². The minimum Gasteiger partial charge on any atom is -0.480 e. The van der Waals surface area contributed by atoms with Gasteiger partial charge in [-0.25, -0.2) is 4.79 Å². The number of carboxylic acid groups (broad SMARTS) is 1. The van der Waals surface area contributed by atoms with Gasteiger partial charge in [0.05, 0.1) is 0 Å². The van der Waals surface area contributed by atoms with E-state index in [4.69, 9.17) is 5.11 Å². The fourth-order valence-corrected chi connectivity index (χ4v) is 2.08. The van der Waals surface area contributed by atoms with Gasteiger partial charge in [0.1, 0.15) is 14.1 Å². The van der Waals surface area contributed by atoms with Crippen molar-refractivity contribution < 1.29 is 24.2 Å². The Morgan fingerprint density at radius 2 is 1.82 bits per heavy atom. The molecule has 2 N–H and O–H groups in total. The zero-order valence-electron chi connectivity index (χ0n) is 14.1. The van der Waals surface area contributed by atoms with Gasteiger partial charge < -0.3 is 15.2 Å². The number of amides is 1. The predicted molar refractivity (Wildman–Crippen MR) is 85.8 cm³/mol. The number of carbonyl (C=O) groups excluding carboxylic acids is 2. The first-order valence-corrected chi connectivity index (χ1v) is 10.0. The molecule has 0 aromatic heterocycles. The first-order chi connectivity index (χ1) is 9.86. The molecular weight excluding hydrogens is 302 g/mol. The highest BCUT2D eigenvalue weighted by molar-refractivity contribution is 6.87. The van der Waals surface area contributed by atoms with Crippen LogP contribution < -0.4 is 5.32 Å². The third-order valence-electron chi connectivity index (χ3n) is 3.62. The van der Waals surface area contributed by atoms with E-state index in [2.05, 4.69) is 55.4 Å². The molecule has 0 rings (SSSR count). The molecule has 0 radical (unpaired) electrons. The monoisotopic (exact) mass is 327 g/mol. The maximum Gasteiger partial charge on any atom is 0.327 e. The second-order valence-electron chi connectivity index (χ2n) is 6.62. The molecule has 0 aliphatic rings. The van der Waals surface area contributed by atoms with Crippen LogP contribution in [-0.4, -0.2) is 43.7 Å². The van der Waals surface area contributed by atoms with Crippen molar-refractivity contribution in [2.24, 2.45) is 0 Å². The van der Waals surface area contributed by atoms with E-state index >= 15 is 0 Å². The third-order valence-corrected chi connectivity index (χ3v) is 8.17. The number of hydrogen-bond donors (Lipinski definition) is 2. The van der Waals surface area contributed by atoms with Crippen LogP contribution in [0.25, 0.3) is 0 Å². The molecule has 0 aromatic carbocycles. The van der Waals surface area contributed by atoms with Gasteiger partial charge in [-0.3, -0.25) is 9.59 Å². The minimum atomic E-state index is -1.81. The van der Waals surface area contributed by atoms with Gasteiger partial charge in [0.2, 0.25) is 0 Å². The molecule has 22 heavy (non-hydrogen) atoms. The van der Waals surface area contributed by atoms with Crippen molar-refractivity contribution in [2.45, 2.75) is 58.3 Å². The van der Waals surface area contributed by atoms with E-state index in [-0.39, 0.29) is 11.5 Å². The number of ether oxygens (including phenoxy) is 1. The van der Waals surface area contributed by atoms with E-state index < -0.39 is 38.6 Å². The van der Waals surface area contributed by atoms with Crippen molar-refractivity contribution in [1.82, 2.24) is 5.32 Å². The highest BCUT2D eigenvalue weighted by Gasteiger charge is 2.33. The van der Waals surface area contributed by atoms with Crippen LogP contribution in [0, 0.1) is 11.5 Å². The van der Waals surface area contributed by atoms with Crippen molar-refractivity contribution >= 4 is 25.9 Å². The molecule has 7 heteroatoms. The van der Waals surface area contributed by atoms with E-state index in [9.17, 15) is 14.4 Å². The molecule has 0 bridgehead atoms. The summed E-state index contributed by atoms with van der Waals surface area (Å²) in [5.74, 6) is 0.473. The molecule has 0 aliphatic heterocycles. The molecule has 0 unspecified atom stereocenters. The summed E-state index contributed by atoms with van der Waals surface area (Å²) in [5, 5.41) is 11.5. The molecule has 0 fully saturated rings. The summed E-state index contributed by atoms with van der Waals surface area (Å²) in [5.41, 5.74) is 3.20. The number of carbonyl (C=O) groups is 3. The number of rotatable bonds is 5. The molecule has 1 atom stereocenters. The Bertz CT molecular complexity index is 496. The summed E-state index contributed by atoms with van der Waals surface area (Å²) in [6.45, 7) is 11.3. The molecule has 0 saturated heterocycles. The molecule has 124 valence electrons. The van der Waals surface area contributed by atoms with Crippen molar-refractivity contribution in [3.05, 3.63) is 0 Å². The Morgan fingerprint density at radius 1 is 1.27 bits per heavy atom. The lowest BCUT2D eigenvalue weighted by Gasteiger charge is -2.31. The van der Waals surface area contributed by atoms with Gasteiger partial charge in [-0.05, 0) is 5.04 Å². The van der Waals surface area contributed by atoms with Crippen molar-refractivity contribution in [2.75, 3.05) is 6.61 Å². The Hall–Kier alpha value is -1.81. The number of hydrogen-bond acceptors (Lipinski definition) is 4. The van der Waals surface area contributed by atoms with Crippen LogP contribution in [0.3, 0.4) is 0 Å². The second kappa shape index (κ2) is 7.99. The number of esters is 1. The lowest BCUT2D eigenvalue weighted by Crippen LogP contribution is -2.42. The van der Waals surface area contributed by atoms with E-state index in [0.29, 0.717) is 0 Å². The summed E-state index contributed by atoms with van der Waals surface area (Å²) >= 11 is 0. The summed E-state index contributed by atoms with van der Waals surface area (Å²) in [4.78, 5) is 33.2. The van der Waals surface area contributed by atoms with Crippen LogP contribution >= 0.6 is 0 Å². The summed E-state index contributed by atoms with van der Waals surface area (Å²) < 4.78 is 4.51. The Kier molecular flexibility index (Phi) is 7.33. The van der Waals surface area contributed by atoms with Crippen LogP contribution in [0.2, 0.25) is 18.1 Å².